The van der Waals surface area contributed by atoms with Crippen molar-refractivity contribution in [3.63, 3.8) is 0 Å². The molecule has 4 bridgehead atoms. The van der Waals surface area contributed by atoms with Gasteiger partial charge >= 0.3 is 17.8 Å². The molecule has 1 heterocycles. The fourth-order valence-corrected chi connectivity index (χ4v) is 6.49. The number of nitrogens with zero attached hydrogens (tertiary/aromatic N) is 2. The zero-order chi connectivity index (χ0) is 21.1. The summed E-state index contributed by atoms with van der Waals surface area (Å²) in [5.74, 6) is 1.38. The molecule has 0 N–H and O–H groups in total. The summed E-state index contributed by atoms with van der Waals surface area (Å²) in [7, 11) is 0. The lowest BCUT2D eigenvalue weighted by Crippen LogP contribution is -2.48. The minimum Gasteiger partial charge on any atom is -0.481 e. The maximum Gasteiger partial charge on any atom is 0.442 e. The lowest BCUT2D eigenvalue weighted by molar-refractivity contribution is -0.166. The van der Waals surface area contributed by atoms with Gasteiger partial charge < -0.3 is 9.47 Å². The highest BCUT2D eigenvalue weighted by Gasteiger charge is 2.66. The molecule has 0 amide bonds. The van der Waals surface area contributed by atoms with Gasteiger partial charge in [-0.25, -0.2) is 4.79 Å². The van der Waals surface area contributed by atoms with Gasteiger partial charge in [0.25, 0.3) is 0 Å². The van der Waals surface area contributed by atoms with E-state index in [9.17, 15) is 18.0 Å². The van der Waals surface area contributed by atoms with Crippen molar-refractivity contribution in [2.45, 2.75) is 62.7 Å². The third kappa shape index (κ3) is 3.10. The first-order chi connectivity index (χ1) is 14.2. The van der Waals surface area contributed by atoms with E-state index in [2.05, 4.69) is 10.2 Å². The number of hydrogen-bond donors (Lipinski definition) is 0. The highest BCUT2D eigenvalue weighted by Crippen LogP contribution is 2.62. The smallest absolute Gasteiger partial charge is 0.442 e. The summed E-state index contributed by atoms with van der Waals surface area (Å²) in [5.41, 5.74) is -1.84. The Morgan fingerprint density at radius 2 is 1.70 bits per heavy atom. The summed E-state index contributed by atoms with van der Waals surface area (Å²) in [6.45, 7) is 1.38. The SMILES string of the molecule is CCOC(=O)COc1ccc(C23CC4CC(CC(C4)C2)C3)cc1C1(C(F)(F)F)N=N1. The number of benzene rings is 1. The van der Waals surface area contributed by atoms with Crippen molar-refractivity contribution in [2.24, 2.45) is 28.0 Å². The van der Waals surface area contributed by atoms with E-state index in [0.717, 1.165) is 24.8 Å². The van der Waals surface area contributed by atoms with Crippen molar-refractivity contribution < 1.29 is 27.4 Å². The Morgan fingerprint density at radius 3 is 2.20 bits per heavy atom. The Hall–Kier alpha value is -2.12. The zero-order valence-corrected chi connectivity index (χ0v) is 16.9. The van der Waals surface area contributed by atoms with Gasteiger partial charge in [-0.15, -0.1) is 10.2 Å². The van der Waals surface area contributed by atoms with E-state index < -0.39 is 24.4 Å². The van der Waals surface area contributed by atoms with Gasteiger partial charge in [0.15, 0.2) is 6.61 Å². The summed E-state index contributed by atoms with van der Waals surface area (Å²) >= 11 is 0. The van der Waals surface area contributed by atoms with Crippen LogP contribution in [0, 0.1) is 17.8 Å². The monoisotopic (exact) mass is 422 g/mol. The molecular formula is C22H25F3N2O3. The number of alkyl halides is 3. The Morgan fingerprint density at radius 1 is 1.10 bits per heavy atom. The Kier molecular flexibility index (Phi) is 4.42. The summed E-state index contributed by atoms with van der Waals surface area (Å²) in [5, 5.41) is 6.78. The number of carbonyl (C=O) groups is 1. The van der Waals surface area contributed by atoms with Crippen LogP contribution in [-0.4, -0.2) is 25.4 Å². The van der Waals surface area contributed by atoms with Crippen molar-refractivity contribution in [3.8, 4) is 5.75 Å². The van der Waals surface area contributed by atoms with Crippen LogP contribution in [0.15, 0.2) is 28.4 Å². The van der Waals surface area contributed by atoms with E-state index in [1.807, 2.05) is 6.07 Å². The molecule has 1 aromatic rings. The van der Waals surface area contributed by atoms with E-state index in [1.54, 1.807) is 19.1 Å². The average Bonchev–Trinajstić information content (AvgIpc) is 3.47. The third-order valence-corrected chi connectivity index (χ3v) is 7.35. The van der Waals surface area contributed by atoms with E-state index in [1.165, 1.54) is 19.3 Å². The molecule has 162 valence electrons. The van der Waals surface area contributed by atoms with Crippen molar-refractivity contribution in [1.29, 1.82) is 0 Å². The molecule has 4 fully saturated rings. The van der Waals surface area contributed by atoms with Crippen LogP contribution < -0.4 is 4.74 Å². The van der Waals surface area contributed by atoms with E-state index in [4.69, 9.17) is 9.47 Å². The van der Waals surface area contributed by atoms with Gasteiger partial charge in [0, 0.05) is 0 Å². The molecule has 6 rings (SSSR count). The topological polar surface area (TPSA) is 60.2 Å². The Labute approximate surface area is 173 Å². The second-order valence-electron chi connectivity index (χ2n) is 9.37. The minimum atomic E-state index is -4.66. The number of ether oxygens (including phenoxy) is 2. The Balaban J connectivity index is 1.50. The maximum absolute atomic E-state index is 13.8. The molecular weight excluding hydrogens is 397 g/mol. The van der Waals surface area contributed by atoms with E-state index in [0.29, 0.717) is 17.8 Å². The number of hydrogen-bond acceptors (Lipinski definition) is 5. The number of esters is 1. The van der Waals surface area contributed by atoms with Gasteiger partial charge in [0.1, 0.15) is 5.75 Å². The molecule has 0 radical (unpaired) electrons. The fraction of sp³-hybridized carbons (Fsp3) is 0.682. The van der Waals surface area contributed by atoms with Crippen LogP contribution >= 0.6 is 0 Å². The second-order valence-corrected chi connectivity index (χ2v) is 9.37. The van der Waals surface area contributed by atoms with Crippen LogP contribution in [0.3, 0.4) is 0 Å². The molecule has 0 spiro atoms. The second kappa shape index (κ2) is 6.69. The maximum atomic E-state index is 13.8. The first kappa shape index (κ1) is 19.8. The van der Waals surface area contributed by atoms with Crippen molar-refractivity contribution in [3.05, 3.63) is 29.3 Å². The van der Waals surface area contributed by atoms with Gasteiger partial charge in [-0.05, 0) is 86.3 Å². The highest BCUT2D eigenvalue weighted by molar-refractivity contribution is 5.71. The molecule has 4 saturated carbocycles. The molecule has 0 aromatic heterocycles. The van der Waals surface area contributed by atoms with Crippen molar-refractivity contribution in [1.82, 2.24) is 0 Å². The molecule has 8 heteroatoms. The number of halogens is 3. The largest absolute Gasteiger partial charge is 0.481 e. The highest BCUT2D eigenvalue weighted by atomic mass is 19.4. The summed E-state index contributed by atoms with van der Waals surface area (Å²) in [6.07, 6.45) is 2.21. The van der Waals surface area contributed by atoms with Gasteiger partial charge in [0.05, 0.1) is 12.2 Å². The van der Waals surface area contributed by atoms with Crippen LogP contribution in [-0.2, 0) is 20.6 Å². The minimum absolute atomic E-state index is 0.0149. The molecule has 1 aromatic carbocycles. The lowest BCUT2D eigenvalue weighted by Gasteiger charge is -2.57. The van der Waals surface area contributed by atoms with Crippen molar-refractivity contribution in [2.75, 3.05) is 13.2 Å². The van der Waals surface area contributed by atoms with Crippen LogP contribution in [0.5, 0.6) is 5.75 Å². The van der Waals surface area contributed by atoms with Gasteiger partial charge in [-0.3, -0.25) is 0 Å². The molecule has 4 aliphatic carbocycles. The molecule has 5 nitrogen and oxygen atoms in total. The summed E-state index contributed by atoms with van der Waals surface area (Å²) < 4.78 is 51.8. The Bertz CT molecular complexity index is 855. The average molecular weight is 422 g/mol. The molecule has 5 aliphatic rings. The third-order valence-electron chi connectivity index (χ3n) is 7.35. The molecule has 0 unspecified atom stereocenters. The van der Waals surface area contributed by atoms with Gasteiger partial charge in [0.2, 0.25) is 0 Å². The first-order valence-corrected chi connectivity index (χ1v) is 10.7. The normalized spacial score (nSPS) is 32.9. The van der Waals surface area contributed by atoms with E-state index >= 15 is 0 Å². The van der Waals surface area contributed by atoms with Crippen LogP contribution in [0.1, 0.15) is 56.6 Å². The standard InChI is InChI=1S/C22H25F3N2O3/c1-2-29-19(28)12-30-18-4-3-16(8-17(18)21(26-27-21)22(23,24)25)20-9-13-5-14(10-20)7-15(6-13)11-20/h3-4,8,13-15H,2,5-7,9-12H2,1H3. The van der Waals surface area contributed by atoms with Gasteiger partial charge in [-0.1, -0.05) is 6.07 Å². The number of carbonyl (C=O) groups excluding carboxylic acids is 1. The number of rotatable bonds is 6. The van der Waals surface area contributed by atoms with E-state index in [-0.39, 0.29) is 23.3 Å². The van der Waals surface area contributed by atoms with Crippen LogP contribution in [0.25, 0.3) is 0 Å². The zero-order valence-electron chi connectivity index (χ0n) is 16.9. The molecule has 1 aliphatic heterocycles. The molecule has 0 saturated heterocycles. The van der Waals surface area contributed by atoms with Gasteiger partial charge in [-0.2, -0.15) is 13.2 Å². The predicted octanol–water partition coefficient (Wildman–Crippen LogP) is 5.28. The van der Waals surface area contributed by atoms with Crippen LogP contribution in [0.4, 0.5) is 13.2 Å². The lowest BCUT2D eigenvalue weighted by atomic mass is 9.48. The molecule has 0 atom stereocenters. The van der Waals surface area contributed by atoms with Crippen molar-refractivity contribution >= 4 is 5.97 Å². The first-order valence-electron chi connectivity index (χ1n) is 10.7. The summed E-state index contributed by atoms with van der Waals surface area (Å²) in [4.78, 5) is 11.7. The summed E-state index contributed by atoms with van der Waals surface area (Å²) in [6, 6.07) is 5.03. The predicted molar refractivity (Wildman–Crippen MR) is 101 cm³/mol. The fourth-order valence-electron chi connectivity index (χ4n) is 6.49. The molecule has 30 heavy (non-hydrogen) atoms. The van der Waals surface area contributed by atoms with Crippen LogP contribution in [0.2, 0.25) is 0 Å². The quantitative estimate of drug-likeness (QED) is 0.586.